The molecule has 1 aromatic heterocycles. The second-order valence-corrected chi connectivity index (χ2v) is 4.17. The first-order valence-electron chi connectivity index (χ1n) is 5.75. The van der Waals surface area contributed by atoms with E-state index in [2.05, 4.69) is 0 Å². The Bertz CT molecular complexity index is 602. The third-order valence-electron chi connectivity index (χ3n) is 3.14. The van der Waals surface area contributed by atoms with E-state index in [1.807, 2.05) is 29.8 Å². The first kappa shape index (κ1) is 12.4. The molecule has 2 aromatic rings. The lowest BCUT2D eigenvalue weighted by atomic mass is 10.1. The Hall–Kier alpha value is -2.01. The molecule has 1 aromatic carbocycles. The van der Waals surface area contributed by atoms with Gasteiger partial charge in [0.15, 0.2) is 0 Å². The van der Waals surface area contributed by atoms with E-state index in [0.29, 0.717) is 18.7 Å². The van der Waals surface area contributed by atoms with Gasteiger partial charge in [-0.05, 0) is 36.7 Å². The van der Waals surface area contributed by atoms with Crippen LogP contribution in [0, 0.1) is 0 Å². The van der Waals surface area contributed by atoms with Crippen LogP contribution in [0.2, 0.25) is 0 Å². The Kier molecular flexibility index (Phi) is 3.25. The number of carbonyl (C=O) groups is 1. The lowest BCUT2D eigenvalue weighted by Gasteiger charge is -2.02. The van der Waals surface area contributed by atoms with Crippen LogP contribution in [0.3, 0.4) is 0 Å². The average Bonchev–Trinajstić information content (AvgIpc) is 2.63. The third kappa shape index (κ3) is 1.82. The van der Waals surface area contributed by atoms with Crippen LogP contribution >= 0.6 is 0 Å². The number of nitrogens with zero attached hydrogens (tertiary/aromatic N) is 1. The quantitative estimate of drug-likeness (QED) is 0.837. The highest BCUT2D eigenvalue weighted by atomic mass is 16.5. The molecule has 0 spiro atoms. The predicted molar refractivity (Wildman–Crippen MR) is 70.7 cm³/mol. The minimum Gasteiger partial charge on any atom is -0.497 e. The van der Waals surface area contributed by atoms with Gasteiger partial charge in [0.1, 0.15) is 11.4 Å². The van der Waals surface area contributed by atoms with Gasteiger partial charge in [0, 0.05) is 18.0 Å². The molecular formula is C13H17N3O2. The third-order valence-corrected chi connectivity index (χ3v) is 3.14. The molecule has 18 heavy (non-hydrogen) atoms. The first-order valence-corrected chi connectivity index (χ1v) is 5.75. The van der Waals surface area contributed by atoms with Crippen LogP contribution in [0.1, 0.15) is 16.1 Å². The molecule has 1 heterocycles. The molecular weight excluding hydrogens is 230 g/mol. The van der Waals surface area contributed by atoms with Gasteiger partial charge in [0.2, 0.25) is 0 Å². The number of benzene rings is 1. The topological polar surface area (TPSA) is 83.3 Å². The number of nitrogens with two attached hydrogens (primary N) is 2. The molecule has 0 fully saturated rings. The monoisotopic (exact) mass is 247 g/mol. The number of carbonyl (C=O) groups excluding carboxylic acids is 1. The Morgan fingerprint density at radius 1 is 1.44 bits per heavy atom. The Balaban J connectivity index is 2.79. The lowest BCUT2D eigenvalue weighted by Crippen LogP contribution is -2.18. The van der Waals surface area contributed by atoms with E-state index in [0.717, 1.165) is 22.2 Å². The molecule has 2 rings (SSSR count). The minimum atomic E-state index is -0.434. The number of hydrogen-bond acceptors (Lipinski definition) is 3. The number of primary amides is 1. The van der Waals surface area contributed by atoms with Crippen molar-refractivity contribution in [3.8, 4) is 5.75 Å². The van der Waals surface area contributed by atoms with Crippen molar-refractivity contribution < 1.29 is 9.53 Å². The van der Waals surface area contributed by atoms with E-state index in [1.54, 1.807) is 7.11 Å². The summed E-state index contributed by atoms with van der Waals surface area (Å²) in [6.07, 6.45) is 0.614. The molecule has 0 atom stereocenters. The highest BCUT2D eigenvalue weighted by molar-refractivity contribution is 6.01. The van der Waals surface area contributed by atoms with E-state index in [4.69, 9.17) is 16.2 Å². The number of hydrogen-bond donors (Lipinski definition) is 2. The Morgan fingerprint density at radius 2 is 2.17 bits per heavy atom. The van der Waals surface area contributed by atoms with Crippen molar-refractivity contribution in [1.29, 1.82) is 0 Å². The van der Waals surface area contributed by atoms with Crippen LogP contribution in [-0.2, 0) is 13.5 Å². The number of methoxy groups -OCH3 is 1. The van der Waals surface area contributed by atoms with Gasteiger partial charge in [0.05, 0.1) is 7.11 Å². The zero-order chi connectivity index (χ0) is 13.3. The molecule has 0 aliphatic carbocycles. The summed E-state index contributed by atoms with van der Waals surface area (Å²) < 4.78 is 7.02. The molecule has 0 bridgehead atoms. The van der Waals surface area contributed by atoms with Crippen LogP contribution in [0.4, 0.5) is 0 Å². The summed E-state index contributed by atoms with van der Waals surface area (Å²) >= 11 is 0. The normalized spacial score (nSPS) is 10.8. The first-order chi connectivity index (χ1) is 8.60. The molecule has 0 aliphatic rings. The summed E-state index contributed by atoms with van der Waals surface area (Å²) in [7, 11) is 3.44. The van der Waals surface area contributed by atoms with Gasteiger partial charge < -0.3 is 20.8 Å². The highest BCUT2D eigenvalue weighted by Crippen LogP contribution is 2.29. The zero-order valence-corrected chi connectivity index (χ0v) is 10.6. The van der Waals surface area contributed by atoms with Crippen molar-refractivity contribution >= 4 is 16.8 Å². The standard InChI is InChI=1S/C13H17N3O2/c1-16-11-4-3-8(18-2)7-10(11)9(5-6-14)12(16)13(15)17/h3-4,7H,5-6,14H2,1-2H3,(H2,15,17). The number of aryl methyl sites for hydroxylation is 1. The summed E-state index contributed by atoms with van der Waals surface area (Å²) in [5.41, 5.74) is 13.4. The Labute approximate surface area is 105 Å². The van der Waals surface area contributed by atoms with Gasteiger partial charge in [-0.1, -0.05) is 0 Å². The van der Waals surface area contributed by atoms with E-state index < -0.39 is 5.91 Å². The highest BCUT2D eigenvalue weighted by Gasteiger charge is 2.18. The van der Waals surface area contributed by atoms with Crippen LogP contribution in [-0.4, -0.2) is 24.1 Å². The largest absolute Gasteiger partial charge is 0.497 e. The summed E-state index contributed by atoms with van der Waals surface area (Å²) in [5.74, 6) is 0.318. The molecule has 96 valence electrons. The van der Waals surface area contributed by atoms with Gasteiger partial charge in [-0.3, -0.25) is 4.79 Å². The van der Waals surface area contributed by atoms with E-state index in [1.165, 1.54) is 0 Å². The van der Waals surface area contributed by atoms with Gasteiger partial charge in [-0.2, -0.15) is 0 Å². The van der Waals surface area contributed by atoms with Crippen molar-refractivity contribution in [2.45, 2.75) is 6.42 Å². The van der Waals surface area contributed by atoms with Crippen LogP contribution in [0.5, 0.6) is 5.75 Å². The smallest absolute Gasteiger partial charge is 0.265 e. The molecule has 0 unspecified atom stereocenters. The van der Waals surface area contributed by atoms with Crippen molar-refractivity contribution in [2.24, 2.45) is 18.5 Å². The molecule has 4 N–H and O–H groups in total. The number of amides is 1. The fourth-order valence-corrected chi connectivity index (χ4v) is 2.34. The second-order valence-electron chi connectivity index (χ2n) is 4.17. The van der Waals surface area contributed by atoms with Crippen LogP contribution < -0.4 is 16.2 Å². The van der Waals surface area contributed by atoms with Crippen molar-refractivity contribution in [1.82, 2.24) is 4.57 Å². The SMILES string of the molecule is COc1ccc2c(c1)c(CCN)c(C(N)=O)n2C. The number of fused-ring (bicyclic) bond motifs is 1. The predicted octanol–water partition coefficient (Wildman–Crippen LogP) is 0.787. The summed E-state index contributed by atoms with van der Waals surface area (Å²) in [4.78, 5) is 11.6. The maximum absolute atomic E-state index is 11.6. The van der Waals surface area contributed by atoms with Crippen LogP contribution in [0.25, 0.3) is 10.9 Å². The fraction of sp³-hybridized carbons (Fsp3) is 0.308. The summed E-state index contributed by atoms with van der Waals surface area (Å²) in [5, 5.41) is 0.969. The number of aromatic nitrogens is 1. The molecule has 0 saturated carbocycles. The summed E-state index contributed by atoms with van der Waals surface area (Å²) in [6.45, 7) is 0.469. The molecule has 0 radical (unpaired) electrons. The molecule has 0 saturated heterocycles. The maximum Gasteiger partial charge on any atom is 0.265 e. The average molecular weight is 247 g/mol. The van der Waals surface area contributed by atoms with Gasteiger partial charge >= 0.3 is 0 Å². The van der Waals surface area contributed by atoms with Crippen LogP contribution in [0.15, 0.2) is 18.2 Å². The van der Waals surface area contributed by atoms with E-state index >= 15 is 0 Å². The Morgan fingerprint density at radius 3 is 2.72 bits per heavy atom. The van der Waals surface area contributed by atoms with Crippen molar-refractivity contribution in [3.05, 3.63) is 29.5 Å². The fourth-order valence-electron chi connectivity index (χ4n) is 2.34. The molecule has 0 aliphatic heterocycles. The van der Waals surface area contributed by atoms with Crippen molar-refractivity contribution in [2.75, 3.05) is 13.7 Å². The summed E-state index contributed by atoms with van der Waals surface area (Å²) in [6, 6.07) is 5.69. The molecule has 1 amide bonds. The maximum atomic E-state index is 11.6. The molecule has 5 heteroatoms. The van der Waals surface area contributed by atoms with E-state index in [9.17, 15) is 4.79 Å². The van der Waals surface area contributed by atoms with Gasteiger partial charge in [-0.15, -0.1) is 0 Å². The van der Waals surface area contributed by atoms with Crippen molar-refractivity contribution in [3.63, 3.8) is 0 Å². The minimum absolute atomic E-state index is 0.434. The van der Waals surface area contributed by atoms with Gasteiger partial charge in [0.25, 0.3) is 5.91 Å². The van der Waals surface area contributed by atoms with Gasteiger partial charge in [-0.25, -0.2) is 0 Å². The second kappa shape index (κ2) is 4.70. The number of rotatable bonds is 4. The number of ether oxygens (including phenoxy) is 1. The lowest BCUT2D eigenvalue weighted by molar-refractivity contribution is 0.0992. The zero-order valence-electron chi connectivity index (χ0n) is 10.6. The molecule has 5 nitrogen and oxygen atoms in total. The van der Waals surface area contributed by atoms with E-state index in [-0.39, 0.29) is 0 Å².